The van der Waals surface area contributed by atoms with Gasteiger partial charge in [-0.3, -0.25) is 4.68 Å². The molecule has 0 radical (unpaired) electrons. The highest BCUT2D eigenvalue weighted by atomic mass is 79.9. The third-order valence-corrected chi connectivity index (χ3v) is 2.94. The molecule has 0 bridgehead atoms. The van der Waals surface area contributed by atoms with Crippen LogP contribution in [0.5, 0.6) is 0 Å². The summed E-state index contributed by atoms with van der Waals surface area (Å²) in [4.78, 5) is 0. The summed E-state index contributed by atoms with van der Waals surface area (Å²) < 4.78 is 2.09. The second-order valence-electron chi connectivity index (χ2n) is 3.54. The Morgan fingerprint density at radius 3 is 2.92 bits per heavy atom. The van der Waals surface area contributed by atoms with Crippen LogP contribution in [-0.4, -0.2) is 9.78 Å². The highest BCUT2D eigenvalue weighted by molar-refractivity contribution is 9.08. The Bertz CT molecular complexity index is 276. The number of alkyl halides is 1. The molecule has 0 aliphatic heterocycles. The van der Waals surface area contributed by atoms with Crippen molar-refractivity contribution in [1.29, 1.82) is 0 Å². The quantitative estimate of drug-likeness (QED) is 0.728. The van der Waals surface area contributed by atoms with Crippen LogP contribution in [0.15, 0.2) is 6.20 Å². The van der Waals surface area contributed by atoms with Crippen LogP contribution in [-0.2, 0) is 11.9 Å². The summed E-state index contributed by atoms with van der Waals surface area (Å²) in [5, 5.41) is 5.37. The fourth-order valence-electron chi connectivity index (χ4n) is 1.35. The van der Waals surface area contributed by atoms with Gasteiger partial charge in [-0.1, -0.05) is 15.9 Å². The van der Waals surface area contributed by atoms with Gasteiger partial charge in [0.15, 0.2) is 0 Å². The summed E-state index contributed by atoms with van der Waals surface area (Å²) in [6, 6.07) is 0. The fraction of sp³-hybridized carbons (Fsp3) is 0.667. The Balaban J connectivity index is 2.10. The van der Waals surface area contributed by atoms with Gasteiger partial charge < -0.3 is 0 Å². The molecule has 0 amide bonds. The van der Waals surface area contributed by atoms with Crippen molar-refractivity contribution in [1.82, 2.24) is 9.78 Å². The minimum Gasteiger partial charge on any atom is -0.272 e. The molecule has 1 fully saturated rings. The van der Waals surface area contributed by atoms with Gasteiger partial charge in [0.25, 0.3) is 0 Å². The molecule has 1 aromatic heterocycles. The van der Waals surface area contributed by atoms with E-state index in [1.54, 1.807) is 0 Å². The number of aryl methyl sites for hydroxylation is 1. The SMILES string of the molecule is Cc1nn(CC2CC2)cc1CBr. The van der Waals surface area contributed by atoms with Gasteiger partial charge in [0, 0.05) is 23.6 Å². The highest BCUT2D eigenvalue weighted by Gasteiger charge is 2.22. The van der Waals surface area contributed by atoms with Crippen LogP contribution in [0.4, 0.5) is 0 Å². The Morgan fingerprint density at radius 1 is 1.67 bits per heavy atom. The maximum atomic E-state index is 4.45. The van der Waals surface area contributed by atoms with Crippen molar-refractivity contribution in [3.63, 3.8) is 0 Å². The van der Waals surface area contributed by atoms with Crippen molar-refractivity contribution in [3.8, 4) is 0 Å². The normalized spacial score (nSPS) is 16.8. The molecule has 3 heteroatoms. The van der Waals surface area contributed by atoms with E-state index in [0.717, 1.165) is 23.5 Å². The van der Waals surface area contributed by atoms with Crippen LogP contribution < -0.4 is 0 Å². The number of hydrogen-bond acceptors (Lipinski definition) is 1. The Morgan fingerprint density at radius 2 is 2.42 bits per heavy atom. The van der Waals surface area contributed by atoms with Crippen LogP contribution in [0.25, 0.3) is 0 Å². The Hall–Kier alpha value is -0.310. The zero-order valence-corrected chi connectivity index (χ0v) is 8.84. The van der Waals surface area contributed by atoms with Crippen molar-refractivity contribution >= 4 is 15.9 Å². The minimum atomic E-state index is 0.910. The molecule has 0 unspecified atom stereocenters. The third-order valence-electron chi connectivity index (χ3n) is 2.33. The number of nitrogens with zero attached hydrogens (tertiary/aromatic N) is 2. The van der Waals surface area contributed by atoms with Crippen LogP contribution >= 0.6 is 15.9 Å². The van der Waals surface area contributed by atoms with E-state index in [4.69, 9.17) is 0 Å². The van der Waals surface area contributed by atoms with E-state index in [2.05, 4.69) is 38.8 Å². The maximum absolute atomic E-state index is 4.45. The van der Waals surface area contributed by atoms with Gasteiger partial charge in [-0.05, 0) is 25.7 Å². The van der Waals surface area contributed by atoms with E-state index in [1.165, 1.54) is 18.4 Å². The lowest BCUT2D eigenvalue weighted by molar-refractivity contribution is 0.559. The van der Waals surface area contributed by atoms with Crippen molar-refractivity contribution in [2.24, 2.45) is 5.92 Å². The van der Waals surface area contributed by atoms with E-state index in [9.17, 15) is 0 Å². The summed E-state index contributed by atoms with van der Waals surface area (Å²) in [6.45, 7) is 3.19. The van der Waals surface area contributed by atoms with Gasteiger partial charge >= 0.3 is 0 Å². The van der Waals surface area contributed by atoms with Crippen LogP contribution in [0.3, 0.4) is 0 Å². The van der Waals surface area contributed by atoms with Crippen molar-refractivity contribution in [2.75, 3.05) is 0 Å². The summed E-state index contributed by atoms with van der Waals surface area (Å²) >= 11 is 3.45. The molecule has 66 valence electrons. The van der Waals surface area contributed by atoms with Gasteiger partial charge in [0.1, 0.15) is 0 Å². The first kappa shape index (κ1) is 8.30. The fourth-order valence-corrected chi connectivity index (χ4v) is 1.90. The second kappa shape index (κ2) is 3.21. The minimum absolute atomic E-state index is 0.910. The number of aromatic nitrogens is 2. The summed E-state index contributed by atoms with van der Waals surface area (Å²) in [5.74, 6) is 0.910. The molecular weight excluding hydrogens is 216 g/mol. The summed E-state index contributed by atoms with van der Waals surface area (Å²) in [7, 11) is 0. The van der Waals surface area contributed by atoms with Crippen molar-refractivity contribution in [2.45, 2.75) is 31.6 Å². The molecule has 1 heterocycles. The molecule has 0 spiro atoms. The Labute approximate surface area is 81.1 Å². The lowest BCUT2D eigenvalue weighted by Crippen LogP contribution is -1.99. The lowest BCUT2D eigenvalue weighted by Gasteiger charge is -1.95. The van der Waals surface area contributed by atoms with E-state index in [1.807, 2.05) is 0 Å². The third kappa shape index (κ3) is 1.71. The van der Waals surface area contributed by atoms with Crippen molar-refractivity contribution in [3.05, 3.63) is 17.5 Å². The second-order valence-corrected chi connectivity index (χ2v) is 4.10. The molecule has 1 aromatic rings. The molecule has 1 aliphatic rings. The predicted molar refractivity (Wildman–Crippen MR) is 52.3 cm³/mol. The molecule has 1 saturated carbocycles. The molecule has 0 N–H and O–H groups in total. The zero-order valence-electron chi connectivity index (χ0n) is 7.26. The average Bonchev–Trinajstić information content (AvgIpc) is 2.76. The first-order valence-electron chi connectivity index (χ1n) is 4.38. The van der Waals surface area contributed by atoms with Crippen LogP contribution in [0.2, 0.25) is 0 Å². The molecule has 0 saturated heterocycles. The van der Waals surface area contributed by atoms with Gasteiger partial charge in [0.05, 0.1) is 5.69 Å². The van der Waals surface area contributed by atoms with E-state index in [0.29, 0.717) is 0 Å². The van der Waals surface area contributed by atoms with Crippen molar-refractivity contribution < 1.29 is 0 Å². The Kier molecular flexibility index (Phi) is 2.22. The van der Waals surface area contributed by atoms with Gasteiger partial charge in [-0.15, -0.1) is 0 Å². The van der Waals surface area contributed by atoms with Gasteiger partial charge in [-0.2, -0.15) is 5.10 Å². The number of halogens is 1. The largest absolute Gasteiger partial charge is 0.272 e. The molecule has 12 heavy (non-hydrogen) atoms. The van der Waals surface area contributed by atoms with E-state index < -0.39 is 0 Å². The zero-order chi connectivity index (χ0) is 8.55. The molecule has 2 rings (SSSR count). The van der Waals surface area contributed by atoms with Crippen LogP contribution in [0, 0.1) is 12.8 Å². The molecule has 2 nitrogen and oxygen atoms in total. The first-order valence-corrected chi connectivity index (χ1v) is 5.50. The average molecular weight is 229 g/mol. The molecule has 1 aliphatic carbocycles. The summed E-state index contributed by atoms with van der Waals surface area (Å²) in [5.41, 5.74) is 2.48. The summed E-state index contributed by atoms with van der Waals surface area (Å²) in [6.07, 6.45) is 4.94. The number of hydrogen-bond donors (Lipinski definition) is 0. The topological polar surface area (TPSA) is 17.8 Å². The molecule has 0 atom stereocenters. The maximum Gasteiger partial charge on any atom is 0.0634 e. The number of rotatable bonds is 3. The van der Waals surface area contributed by atoms with Gasteiger partial charge in [-0.25, -0.2) is 0 Å². The lowest BCUT2D eigenvalue weighted by atomic mass is 10.3. The van der Waals surface area contributed by atoms with E-state index >= 15 is 0 Å². The standard InChI is InChI=1S/C9H13BrN2/c1-7-9(4-10)6-12(11-7)5-8-2-3-8/h6,8H,2-5H2,1H3. The monoisotopic (exact) mass is 228 g/mol. The first-order chi connectivity index (χ1) is 5.79. The molecular formula is C9H13BrN2. The van der Waals surface area contributed by atoms with Crippen LogP contribution in [0.1, 0.15) is 24.1 Å². The predicted octanol–water partition coefficient (Wildman–Crippen LogP) is 2.50. The van der Waals surface area contributed by atoms with E-state index in [-0.39, 0.29) is 0 Å². The molecule has 0 aromatic carbocycles. The smallest absolute Gasteiger partial charge is 0.0634 e. The highest BCUT2D eigenvalue weighted by Crippen LogP contribution is 2.30. The van der Waals surface area contributed by atoms with Gasteiger partial charge in [0.2, 0.25) is 0 Å².